The van der Waals surface area contributed by atoms with E-state index in [4.69, 9.17) is 11.6 Å². The number of alkyl halides is 1. The Morgan fingerprint density at radius 1 is 1.45 bits per heavy atom. The van der Waals surface area contributed by atoms with Crippen molar-refractivity contribution >= 4 is 23.4 Å². The van der Waals surface area contributed by atoms with E-state index in [2.05, 4.69) is 9.97 Å². The molecule has 0 saturated heterocycles. The summed E-state index contributed by atoms with van der Waals surface area (Å²) in [6, 6.07) is 0. The van der Waals surface area contributed by atoms with Crippen molar-refractivity contribution < 1.29 is 4.39 Å². The van der Waals surface area contributed by atoms with E-state index in [1.165, 1.54) is 11.8 Å². The molecular weight excluding hydrogens is 187 g/mol. The molecule has 0 atom stereocenters. The minimum Gasteiger partial charge on any atom is -0.228 e. The number of halogens is 2. The van der Waals surface area contributed by atoms with Crippen molar-refractivity contribution in [2.24, 2.45) is 0 Å². The second-order valence-electron chi connectivity index (χ2n) is 1.72. The van der Waals surface area contributed by atoms with Crippen molar-refractivity contribution in [3.8, 4) is 0 Å². The first kappa shape index (κ1) is 8.74. The summed E-state index contributed by atoms with van der Waals surface area (Å²) in [6.45, 7) is 0. The Morgan fingerprint density at radius 2 is 2.09 bits per heavy atom. The van der Waals surface area contributed by atoms with Crippen molar-refractivity contribution in [2.45, 2.75) is 5.16 Å². The van der Waals surface area contributed by atoms with Crippen LogP contribution in [0.1, 0.15) is 0 Å². The number of hydrogen-bond acceptors (Lipinski definition) is 3. The van der Waals surface area contributed by atoms with Crippen LogP contribution in [0.5, 0.6) is 0 Å². The lowest BCUT2D eigenvalue weighted by molar-refractivity contribution is 0.605. The molecule has 2 nitrogen and oxygen atoms in total. The molecular formula is C6H6ClFN2S. The van der Waals surface area contributed by atoms with Crippen molar-refractivity contribution in [3.63, 3.8) is 0 Å². The van der Waals surface area contributed by atoms with Gasteiger partial charge in [0.15, 0.2) is 11.0 Å². The van der Waals surface area contributed by atoms with Gasteiger partial charge in [0.2, 0.25) is 0 Å². The molecule has 1 rings (SSSR count). The van der Waals surface area contributed by atoms with E-state index in [1.54, 1.807) is 0 Å². The normalized spacial score (nSPS) is 10.0. The first-order valence-corrected chi connectivity index (χ1v) is 4.51. The highest BCUT2D eigenvalue weighted by molar-refractivity contribution is 7.99. The van der Waals surface area contributed by atoms with Crippen molar-refractivity contribution in [1.82, 2.24) is 9.97 Å². The molecule has 0 aromatic carbocycles. The van der Waals surface area contributed by atoms with E-state index in [0.29, 0.717) is 11.0 Å². The molecule has 0 aliphatic carbocycles. The van der Waals surface area contributed by atoms with Crippen LogP contribution in [-0.4, -0.2) is 21.6 Å². The molecule has 11 heavy (non-hydrogen) atoms. The van der Waals surface area contributed by atoms with E-state index in [0.717, 1.165) is 18.1 Å². The third kappa shape index (κ3) is 3.03. The summed E-state index contributed by atoms with van der Waals surface area (Å²) in [5.41, 5.74) is 0. The predicted molar refractivity (Wildman–Crippen MR) is 43.4 cm³/mol. The van der Waals surface area contributed by atoms with Crippen LogP contribution >= 0.6 is 23.4 Å². The van der Waals surface area contributed by atoms with Gasteiger partial charge in [-0.05, 0) is 0 Å². The van der Waals surface area contributed by atoms with Gasteiger partial charge in [0.05, 0.1) is 12.4 Å². The lowest BCUT2D eigenvalue weighted by atomic mass is 10.7. The molecule has 0 radical (unpaired) electrons. The lowest BCUT2D eigenvalue weighted by Crippen LogP contribution is -1.88. The van der Waals surface area contributed by atoms with Crippen LogP contribution < -0.4 is 0 Å². The monoisotopic (exact) mass is 192 g/mol. The molecule has 1 aromatic rings. The van der Waals surface area contributed by atoms with Gasteiger partial charge in [-0.3, -0.25) is 0 Å². The second-order valence-corrected chi connectivity index (χ2v) is 3.16. The smallest absolute Gasteiger partial charge is 0.187 e. The third-order valence-corrected chi connectivity index (χ3v) is 2.20. The van der Waals surface area contributed by atoms with Gasteiger partial charge in [-0.1, -0.05) is 11.8 Å². The van der Waals surface area contributed by atoms with Crippen molar-refractivity contribution in [3.05, 3.63) is 18.2 Å². The summed E-state index contributed by atoms with van der Waals surface area (Å²) >= 11 is 6.84. The maximum atomic E-state index is 12.2. The first-order valence-electron chi connectivity index (χ1n) is 2.99. The van der Waals surface area contributed by atoms with Gasteiger partial charge in [0.25, 0.3) is 0 Å². The number of aromatic nitrogens is 2. The standard InChI is InChI=1S/C6H6ClFN2S/c7-1-2-11-6-9-3-5(8)4-10-6/h3-4H,1-2H2. The SMILES string of the molecule is Fc1cnc(SCCCl)nc1. The molecule has 0 aliphatic heterocycles. The fraction of sp³-hybridized carbons (Fsp3) is 0.333. The number of thioether (sulfide) groups is 1. The summed E-state index contributed by atoms with van der Waals surface area (Å²) in [5, 5.41) is 0.562. The molecule has 0 fully saturated rings. The Kier molecular flexibility index (Phi) is 3.59. The van der Waals surface area contributed by atoms with Gasteiger partial charge in [-0.25, -0.2) is 14.4 Å². The van der Waals surface area contributed by atoms with Crippen LogP contribution in [-0.2, 0) is 0 Å². The van der Waals surface area contributed by atoms with E-state index in [9.17, 15) is 4.39 Å². The Hall–Kier alpha value is -0.350. The van der Waals surface area contributed by atoms with Crippen LogP contribution in [0.2, 0.25) is 0 Å². The highest BCUT2D eigenvalue weighted by Crippen LogP contribution is 2.11. The Bertz CT molecular complexity index is 216. The fourth-order valence-electron chi connectivity index (χ4n) is 0.505. The van der Waals surface area contributed by atoms with Crippen LogP contribution in [0.25, 0.3) is 0 Å². The van der Waals surface area contributed by atoms with Crippen LogP contribution in [0.15, 0.2) is 17.6 Å². The average molecular weight is 193 g/mol. The zero-order chi connectivity index (χ0) is 8.10. The van der Waals surface area contributed by atoms with Crippen LogP contribution in [0, 0.1) is 5.82 Å². The van der Waals surface area contributed by atoms with Crippen molar-refractivity contribution in [1.29, 1.82) is 0 Å². The first-order chi connectivity index (χ1) is 5.33. The minimum absolute atomic E-state index is 0.416. The summed E-state index contributed by atoms with van der Waals surface area (Å²) < 4.78 is 12.2. The summed E-state index contributed by atoms with van der Waals surface area (Å²) in [7, 11) is 0. The molecule has 0 amide bonds. The van der Waals surface area contributed by atoms with E-state index in [1.807, 2.05) is 0 Å². The summed E-state index contributed by atoms with van der Waals surface area (Å²) in [4.78, 5) is 7.47. The largest absolute Gasteiger partial charge is 0.228 e. The van der Waals surface area contributed by atoms with Gasteiger partial charge >= 0.3 is 0 Å². The topological polar surface area (TPSA) is 25.8 Å². The Labute approximate surface area is 73.2 Å². The zero-order valence-corrected chi connectivity index (χ0v) is 7.20. The highest BCUT2D eigenvalue weighted by Gasteiger charge is 1.95. The zero-order valence-electron chi connectivity index (χ0n) is 5.63. The van der Waals surface area contributed by atoms with Gasteiger partial charge < -0.3 is 0 Å². The predicted octanol–water partition coefficient (Wildman–Crippen LogP) is 1.95. The van der Waals surface area contributed by atoms with Gasteiger partial charge in [0.1, 0.15) is 0 Å². The maximum Gasteiger partial charge on any atom is 0.187 e. The van der Waals surface area contributed by atoms with Gasteiger partial charge in [-0.15, -0.1) is 11.6 Å². The number of rotatable bonds is 3. The van der Waals surface area contributed by atoms with Crippen LogP contribution in [0.4, 0.5) is 4.39 Å². The quantitative estimate of drug-likeness (QED) is 0.416. The molecule has 60 valence electrons. The summed E-state index contributed by atoms with van der Waals surface area (Å²) in [5.74, 6) is 0.874. The second kappa shape index (κ2) is 4.51. The molecule has 0 bridgehead atoms. The van der Waals surface area contributed by atoms with Crippen LogP contribution in [0.3, 0.4) is 0 Å². The molecule has 0 aliphatic rings. The molecule has 1 aromatic heterocycles. The van der Waals surface area contributed by atoms with Gasteiger partial charge in [-0.2, -0.15) is 0 Å². The molecule has 5 heteroatoms. The number of hydrogen-bond donors (Lipinski definition) is 0. The van der Waals surface area contributed by atoms with E-state index >= 15 is 0 Å². The molecule has 0 saturated carbocycles. The maximum absolute atomic E-state index is 12.2. The third-order valence-electron chi connectivity index (χ3n) is 0.905. The van der Waals surface area contributed by atoms with E-state index in [-0.39, 0.29) is 0 Å². The average Bonchev–Trinajstić information content (AvgIpc) is 2.04. The molecule has 0 unspecified atom stereocenters. The molecule has 0 spiro atoms. The highest BCUT2D eigenvalue weighted by atomic mass is 35.5. The lowest BCUT2D eigenvalue weighted by Gasteiger charge is -1.94. The minimum atomic E-state index is -0.416. The molecule has 0 N–H and O–H groups in total. The fourth-order valence-corrected chi connectivity index (χ4v) is 1.25. The Balaban J connectivity index is 2.52. The molecule has 1 heterocycles. The van der Waals surface area contributed by atoms with E-state index < -0.39 is 5.82 Å². The summed E-state index contributed by atoms with van der Waals surface area (Å²) in [6.07, 6.45) is 2.28. The Morgan fingerprint density at radius 3 is 2.64 bits per heavy atom. The van der Waals surface area contributed by atoms with Crippen molar-refractivity contribution in [2.75, 3.05) is 11.6 Å². The van der Waals surface area contributed by atoms with Gasteiger partial charge in [0, 0.05) is 11.6 Å². The number of nitrogens with zero attached hydrogens (tertiary/aromatic N) is 2.